The summed E-state index contributed by atoms with van der Waals surface area (Å²) in [5, 5.41) is 26.4. The van der Waals surface area contributed by atoms with Gasteiger partial charge < -0.3 is 20.1 Å². The number of ketones is 1. The molecule has 0 aliphatic heterocycles. The molecule has 17 heavy (non-hydrogen) atoms. The highest BCUT2D eigenvalue weighted by Crippen LogP contribution is 2.16. The number of ether oxygens (including phenoxy) is 1. The molecule has 0 amide bonds. The van der Waals surface area contributed by atoms with Gasteiger partial charge in [0.15, 0.2) is 12.1 Å². The monoisotopic (exact) mass is 240 g/mol. The molecule has 1 atom stereocenters. The molecule has 1 unspecified atom stereocenters. The number of aliphatic hydroxyl groups is 3. The SMILES string of the molecule is CC(C(=O)c1ccc(OCCO)cc1)C(O)O. The highest BCUT2D eigenvalue weighted by molar-refractivity contribution is 5.97. The molecule has 0 saturated carbocycles. The third-order valence-corrected chi connectivity index (χ3v) is 2.36. The van der Waals surface area contributed by atoms with Crippen LogP contribution in [0.25, 0.3) is 0 Å². The van der Waals surface area contributed by atoms with Crippen LogP contribution in [0.2, 0.25) is 0 Å². The van der Waals surface area contributed by atoms with Gasteiger partial charge in [0.25, 0.3) is 0 Å². The first-order valence-electron chi connectivity index (χ1n) is 5.30. The molecule has 5 nitrogen and oxygen atoms in total. The molecule has 0 aliphatic carbocycles. The van der Waals surface area contributed by atoms with Gasteiger partial charge in [-0.05, 0) is 24.3 Å². The zero-order valence-corrected chi connectivity index (χ0v) is 9.54. The summed E-state index contributed by atoms with van der Waals surface area (Å²) in [5.74, 6) is -0.652. The van der Waals surface area contributed by atoms with Crippen LogP contribution in [-0.2, 0) is 0 Å². The zero-order chi connectivity index (χ0) is 12.8. The Morgan fingerprint density at radius 2 is 1.88 bits per heavy atom. The molecule has 0 heterocycles. The van der Waals surface area contributed by atoms with Crippen molar-refractivity contribution in [1.29, 1.82) is 0 Å². The topological polar surface area (TPSA) is 87.0 Å². The van der Waals surface area contributed by atoms with Crippen LogP contribution in [0.3, 0.4) is 0 Å². The van der Waals surface area contributed by atoms with Crippen molar-refractivity contribution in [3.05, 3.63) is 29.8 Å². The van der Waals surface area contributed by atoms with Gasteiger partial charge in [0, 0.05) is 5.56 Å². The second-order valence-corrected chi connectivity index (χ2v) is 3.66. The van der Waals surface area contributed by atoms with Gasteiger partial charge in [0.05, 0.1) is 12.5 Å². The molecule has 3 N–H and O–H groups in total. The van der Waals surface area contributed by atoms with Crippen molar-refractivity contribution in [2.75, 3.05) is 13.2 Å². The fourth-order valence-corrected chi connectivity index (χ4v) is 1.28. The fraction of sp³-hybridized carbons (Fsp3) is 0.417. The third kappa shape index (κ3) is 3.81. The predicted octanol–water partition coefficient (Wildman–Crippen LogP) is 0.187. The normalized spacial score (nSPS) is 12.5. The van der Waals surface area contributed by atoms with E-state index in [-0.39, 0.29) is 19.0 Å². The van der Waals surface area contributed by atoms with Crippen LogP contribution in [0.15, 0.2) is 24.3 Å². The van der Waals surface area contributed by atoms with Gasteiger partial charge in [-0.15, -0.1) is 0 Å². The lowest BCUT2D eigenvalue weighted by Crippen LogP contribution is -2.25. The Morgan fingerprint density at radius 1 is 1.29 bits per heavy atom. The Morgan fingerprint density at radius 3 is 2.35 bits per heavy atom. The number of hydrogen-bond acceptors (Lipinski definition) is 5. The number of rotatable bonds is 6. The van der Waals surface area contributed by atoms with E-state index >= 15 is 0 Å². The van der Waals surface area contributed by atoms with E-state index in [4.69, 9.17) is 20.1 Å². The van der Waals surface area contributed by atoms with Crippen LogP contribution in [-0.4, -0.2) is 40.6 Å². The maximum Gasteiger partial charge on any atom is 0.170 e. The van der Waals surface area contributed by atoms with E-state index in [1.54, 1.807) is 24.3 Å². The molecule has 5 heteroatoms. The van der Waals surface area contributed by atoms with Crippen molar-refractivity contribution in [3.63, 3.8) is 0 Å². The average Bonchev–Trinajstić information content (AvgIpc) is 2.35. The number of carbonyl (C=O) groups is 1. The zero-order valence-electron chi connectivity index (χ0n) is 9.54. The summed E-state index contributed by atoms with van der Waals surface area (Å²) in [6.07, 6.45) is -1.66. The molecule has 1 aromatic rings. The first-order chi connectivity index (χ1) is 8.06. The van der Waals surface area contributed by atoms with Gasteiger partial charge in [0.1, 0.15) is 12.4 Å². The Kier molecular flexibility index (Phi) is 5.09. The fourth-order valence-electron chi connectivity index (χ4n) is 1.28. The summed E-state index contributed by atoms with van der Waals surface area (Å²) in [6, 6.07) is 6.29. The van der Waals surface area contributed by atoms with Crippen molar-refractivity contribution >= 4 is 5.78 Å². The maximum atomic E-state index is 11.7. The molecular weight excluding hydrogens is 224 g/mol. The number of carbonyl (C=O) groups excluding carboxylic acids is 1. The molecule has 94 valence electrons. The quantitative estimate of drug-likeness (QED) is 0.488. The Balaban J connectivity index is 2.70. The second kappa shape index (κ2) is 6.34. The first kappa shape index (κ1) is 13.6. The van der Waals surface area contributed by atoms with Gasteiger partial charge in [0.2, 0.25) is 0 Å². The van der Waals surface area contributed by atoms with Gasteiger partial charge in [-0.1, -0.05) is 6.92 Å². The number of benzene rings is 1. The number of aliphatic hydroxyl groups excluding tert-OH is 2. The Hall–Kier alpha value is -1.43. The smallest absolute Gasteiger partial charge is 0.170 e. The highest BCUT2D eigenvalue weighted by Gasteiger charge is 2.21. The molecule has 0 aliphatic rings. The van der Waals surface area contributed by atoms with Crippen molar-refractivity contribution < 1.29 is 24.9 Å². The van der Waals surface area contributed by atoms with Crippen LogP contribution < -0.4 is 4.74 Å². The molecule has 0 aromatic heterocycles. The molecule has 1 rings (SSSR count). The summed E-state index contributed by atoms with van der Waals surface area (Å²) in [7, 11) is 0. The minimum atomic E-state index is -1.66. The molecule has 0 radical (unpaired) electrons. The summed E-state index contributed by atoms with van der Waals surface area (Å²) in [5.41, 5.74) is 0.391. The molecule has 0 saturated heterocycles. The Labute approximate surface area is 99.3 Å². The minimum Gasteiger partial charge on any atom is -0.491 e. The van der Waals surface area contributed by atoms with Crippen molar-refractivity contribution in [3.8, 4) is 5.75 Å². The van der Waals surface area contributed by atoms with Crippen molar-refractivity contribution in [2.45, 2.75) is 13.2 Å². The third-order valence-electron chi connectivity index (χ3n) is 2.36. The van der Waals surface area contributed by atoms with Crippen LogP contribution in [0, 0.1) is 5.92 Å². The van der Waals surface area contributed by atoms with E-state index < -0.39 is 12.2 Å². The first-order valence-corrected chi connectivity index (χ1v) is 5.30. The predicted molar refractivity (Wildman–Crippen MR) is 60.7 cm³/mol. The molecule has 0 fully saturated rings. The summed E-state index contributed by atoms with van der Waals surface area (Å²) in [6.45, 7) is 1.57. The van der Waals surface area contributed by atoms with Crippen molar-refractivity contribution in [2.24, 2.45) is 5.92 Å². The standard InChI is InChI=1S/C12H16O5/c1-8(12(15)16)11(14)9-2-4-10(5-3-9)17-7-6-13/h2-5,8,12-13,15-16H,6-7H2,1H3. The number of hydrogen-bond donors (Lipinski definition) is 3. The second-order valence-electron chi connectivity index (χ2n) is 3.66. The lowest BCUT2D eigenvalue weighted by molar-refractivity contribution is -0.0678. The van der Waals surface area contributed by atoms with Crippen molar-refractivity contribution in [1.82, 2.24) is 0 Å². The number of Topliss-reactive ketones (excluding diaryl/α,β-unsaturated/α-hetero) is 1. The maximum absolute atomic E-state index is 11.7. The van der Waals surface area contributed by atoms with E-state index in [9.17, 15) is 4.79 Å². The van der Waals surface area contributed by atoms with Crippen LogP contribution in [0.4, 0.5) is 0 Å². The largest absolute Gasteiger partial charge is 0.491 e. The van der Waals surface area contributed by atoms with Crippen LogP contribution in [0.5, 0.6) is 5.75 Å². The average molecular weight is 240 g/mol. The van der Waals surface area contributed by atoms with Gasteiger partial charge in [-0.25, -0.2) is 0 Å². The van der Waals surface area contributed by atoms with E-state index in [1.807, 2.05) is 0 Å². The molecule has 0 bridgehead atoms. The lowest BCUT2D eigenvalue weighted by Gasteiger charge is -2.12. The van der Waals surface area contributed by atoms with Crippen LogP contribution in [0.1, 0.15) is 17.3 Å². The minimum absolute atomic E-state index is 0.0750. The molecule has 1 aromatic carbocycles. The molecule has 0 spiro atoms. The summed E-state index contributed by atoms with van der Waals surface area (Å²) < 4.78 is 5.14. The Bertz CT molecular complexity index is 358. The lowest BCUT2D eigenvalue weighted by atomic mass is 9.99. The van der Waals surface area contributed by atoms with Gasteiger partial charge in [-0.3, -0.25) is 4.79 Å². The van der Waals surface area contributed by atoms with E-state index in [0.717, 1.165) is 0 Å². The van der Waals surface area contributed by atoms with E-state index in [0.29, 0.717) is 11.3 Å². The van der Waals surface area contributed by atoms with Gasteiger partial charge >= 0.3 is 0 Å². The van der Waals surface area contributed by atoms with E-state index in [2.05, 4.69) is 0 Å². The van der Waals surface area contributed by atoms with Gasteiger partial charge in [-0.2, -0.15) is 0 Å². The summed E-state index contributed by atoms with van der Waals surface area (Å²) >= 11 is 0. The van der Waals surface area contributed by atoms with E-state index in [1.165, 1.54) is 6.92 Å². The molecular formula is C12H16O5. The summed E-state index contributed by atoms with van der Waals surface area (Å²) in [4.78, 5) is 11.7. The highest BCUT2D eigenvalue weighted by atomic mass is 16.5. The van der Waals surface area contributed by atoms with Crippen LogP contribution >= 0.6 is 0 Å².